The molecular formula is C20H19ClN4O2S. The molecule has 0 fully saturated rings. The molecule has 0 saturated carbocycles. The highest BCUT2D eigenvalue weighted by Crippen LogP contribution is 2.36. The van der Waals surface area contributed by atoms with Crippen LogP contribution in [0.25, 0.3) is 11.4 Å². The van der Waals surface area contributed by atoms with Crippen LogP contribution in [0, 0.1) is 4.77 Å². The molecule has 0 unspecified atom stereocenters. The molecule has 3 aromatic rings. The van der Waals surface area contributed by atoms with E-state index in [-0.39, 0.29) is 0 Å². The topological polar surface area (TPSA) is 64.4 Å². The second-order valence-electron chi connectivity index (χ2n) is 5.64. The maximum Gasteiger partial charge on any atom is 0.216 e. The van der Waals surface area contributed by atoms with Gasteiger partial charge in [-0.15, -0.1) is 0 Å². The lowest BCUT2D eigenvalue weighted by Gasteiger charge is -2.13. The van der Waals surface area contributed by atoms with Gasteiger partial charge in [0.2, 0.25) is 4.77 Å². The van der Waals surface area contributed by atoms with E-state index in [0.29, 0.717) is 40.3 Å². The van der Waals surface area contributed by atoms with Crippen LogP contribution in [0.4, 0.5) is 0 Å². The minimum atomic E-state index is 0.331. The number of hydrogen-bond donors (Lipinski definition) is 1. The second kappa shape index (κ2) is 9.34. The van der Waals surface area contributed by atoms with Crippen molar-refractivity contribution in [1.29, 1.82) is 0 Å². The highest BCUT2D eigenvalue weighted by atomic mass is 35.5. The van der Waals surface area contributed by atoms with E-state index in [2.05, 4.69) is 21.9 Å². The SMILES string of the molecule is C=CCOc1c(Cl)cc(/C=N\n2c(-c3ccccc3)n[nH]c2=S)cc1OCC. The fraction of sp³-hybridized carbons (Fsp3) is 0.150. The van der Waals surface area contributed by atoms with Crippen LogP contribution < -0.4 is 9.47 Å². The molecule has 28 heavy (non-hydrogen) atoms. The summed E-state index contributed by atoms with van der Waals surface area (Å²) in [5.74, 6) is 1.63. The van der Waals surface area contributed by atoms with Crippen LogP contribution in [0.5, 0.6) is 11.5 Å². The first-order chi connectivity index (χ1) is 13.6. The molecule has 144 valence electrons. The van der Waals surface area contributed by atoms with Crippen molar-refractivity contribution in [2.45, 2.75) is 6.92 Å². The smallest absolute Gasteiger partial charge is 0.216 e. The minimum Gasteiger partial charge on any atom is -0.490 e. The fourth-order valence-corrected chi connectivity index (χ4v) is 2.96. The van der Waals surface area contributed by atoms with E-state index in [4.69, 9.17) is 33.3 Å². The third-order valence-electron chi connectivity index (χ3n) is 3.68. The number of nitrogens with zero attached hydrogens (tertiary/aromatic N) is 3. The van der Waals surface area contributed by atoms with Crippen molar-refractivity contribution < 1.29 is 9.47 Å². The molecule has 0 aliphatic rings. The van der Waals surface area contributed by atoms with Crippen molar-refractivity contribution in [2.75, 3.05) is 13.2 Å². The van der Waals surface area contributed by atoms with Gasteiger partial charge in [0.15, 0.2) is 17.3 Å². The van der Waals surface area contributed by atoms with Gasteiger partial charge in [-0.2, -0.15) is 14.9 Å². The molecule has 1 N–H and O–H groups in total. The molecule has 6 nitrogen and oxygen atoms in total. The van der Waals surface area contributed by atoms with Gasteiger partial charge < -0.3 is 9.47 Å². The molecule has 8 heteroatoms. The summed E-state index contributed by atoms with van der Waals surface area (Å²) in [6.07, 6.45) is 3.29. The van der Waals surface area contributed by atoms with Gasteiger partial charge in [-0.25, -0.2) is 5.10 Å². The van der Waals surface area contributed by atoms with E-state index >= 15 is 0 Å². The van der Waals surface area contributed by atoms with Crippen molar-refractivity contribution in [2.24, 2.45) is 5.10 Å². The number of ether oxygens (including phenoxy) is 2. The summed E-state index contributed by atoms with van der Waals surface area (Å²) >= 11 is 11.7. The molecule has 0 aliphatic carbocycles. The summed E-state index contributed by atoms with van der Waals surface area (Å²) in [4.78, 5) is 0. The standard InChI is InChI=1S/C20H19ClN4O2S/c1-3-10-27-18-16(21)11-14(12-17(18)26-4-2)13-22-25-19(23-24-20(25)28)15-8-6-5-7-9-15/h3,5-9,11-13H,1,4,10H2,2H3,(H,24,28)/b22-13-. The van der Waals surface area contributed by atoms with Crippen molar-refractivity contribution in [3.8, 4) is 22.9 Å². The van der Waals surface area contributed by atoms with Crippen LogP contribution in [-0.4, -0.2) is 34.3 Å². The quantitative estimate of drug-likeness (QED) is 0.316. The minimum absolute atomic E-state index is 0.331. The Balaban J connectivity index is 1.96. The van der Waals surface area contributed by atoms with Crippen LogP contribution in [0.15, 0.2) is 60.2 Å². The van der Waals surface area contributed by atoms with Crippen LogP contribution in [-0.2, 0) is 0 Å². The molecule has 0 atom stereocenters. The lowest BCUT2D eigenvalue weighted by Crippen LogP contribution is -2.01. The Morgan fingerprint density at radius 1 is 1.29 bits per heavy atom. The normalized spacial score (nSPS) is 10.9. The number of benzene rings is 2. The first kappa shape index (κ1) is 19.9. The monoisotopic (exact) mass is 414 g/mol. The fourth-order valence-electron chi connectivity index (χ4n) is 2.51. The first-order valence-corrected chi connectivity index (χ1v) is 9.40. The molecule has 2 aromatic carbocycles. The molecule has 1 aromatic heterocycles. The highest BCUT2D eigenvalue weighted by molar-refractivity contribution is 7.71. The molecule has 0 bridgehead atoms. The number of hydrogen-bond acceptors (Lipinski definition) is 5. The summed E-state index contributed by atoms with van der Waals surface area (Å²) in [6.45, 7) is 6.35. The Morgan fingerprint density at radius 2 is 2.07 bits per heavy atom. The lowest BCUT2D eigenvalue weighted by molar-refractivity contribution is 0.297. The Labute approximate surface area is 173 Å². The van der Waals surface area contributed by atoms with E-state index in [1.807, 2.05) is 43.3 Å². The number of aromatic amines is 1. The van der Waals surface area contributed by atoms with Crippen molar-refractivity contribution in [3.05, 3.63) is 70.5 Å². The predicted octanol–water partition coefficient (Wildman–Crippen LogP) is 5.11. The van der Waals surface area contributed by atoms with Crippen molar-refractivity contribution in [3.63, 3.8) is 0 Å². The third-order valence-corrected chi connectivity index (χ3v) is 4.23. The maximum atomic E-state index is 6.38. The number of rotatable bonds is 8. The number of aromatic nitrogens is 3. The summed E-state index contributed by atoms with van der Waals surface area (Å²) in [6, 6.07) is 13.2. The Morgan fingerprint density at radius 3 is 2.79 bits per heavy atom. The zero-order valence-corrected chi connectivity index (χ0v) is 16.8. The van der Waals surface area contributed by atoms with E-state index in [0.717, 1.165) is 11.1 Å². The van der Waals surface area contributed by atoms with Gasteiger partial charge in [0.1, 0.15) is 6.61 Å². The van der Waals surface area contributed by atoms with E-state index in [1.165, 1.54) is 0 Å². The van der Waals surface area contributed by atoms with Crippen LogP contribution in [0.3, 0.4) is 0 Å². The highest BCUT2D eigenvalue weighted by Gasteiger charge is 2.12. The molecule has 0 spiro atoms. The Kier molecular flexibility index (Phi) is 6.62. The Hall–Kier alpha value is -2.90. The maximum absolute atomic E-state index is 6.38. The molecular weight excluding hydrogens is 396 g/mol. The number of nitrogens with one attached hydrogen (secondary N) is 1. The van der Waals surface area contributed by atoms with Gasteiger partial charge in [0.05, 0.1) is 17.8 Å². The van der Waals surface area contributed by atoms with Gasteiger partial charge in [-0.3, -0.25) is 0 Å². The zero-order chi connectivity index (χ0) is 19.9. The summed E-state index contributed by atoms with van der Waals surface area (Å²) in [5.41, 5.74) is 1.63. The van der Waals surface area contributed by atoms with Crippen molar-refractivity contribution >= 4 is 30.0 Å². The predicted molar refractivity (Wildman–Crippen MR) is 114 cm³/mol. The largest absolute Gasteiger partial charge is 0.490 e. The van der Waals surface area contributed by atoms with Gasteiger partial charge in [0, 0.05) is 5.56 Å². The van der Waals surface area contributed by atoms with Crippen LogP contribution in [0.2, 0.25) is 5.02 Å². The van der Waals surface area contributed by atoms with Gasteiger partial charge >= 0.3 is 0 Å². The summed E-state index contributed by atoms with van der Waals surface area (Å²) in [7, 11) is 0. The molecule has 0 radical (unpaired) electrons. The average molecular weight is 415 g/mol. The number of halogens is 1. The third kappa shape index (κ3) is 4.49. The molecule has 3 rings (SSSR count). The van der Waals surface area contributed by atoms with Gasteiger partial charge in [-0.05, 0) is 36.8 Å². The van der Waals surface area contributed by atoms with E-state index in [9.17, 15) is 0 Å². The molecule has 1 heterocycles. The lowest BCUT2D eigenvalue weighted by atomic mass is 10.2. The first-order valence-electron chi connectivity index (χ1n) is 8.61. The zero-order valence-electron chi connectivity index (χ0n) is 15.3. The number of H-pyrrole nitrogens is 1. The van der Waals surface area contributed by atoms with Crippen LogP contribution in [0.1, 0.15) is 12.5 Å². The van der Waals surface area contributed by atoms with E-state index in [1.54, 1.807) is 23.0 Å². The van der Waals surface area contributed by atoms with Crippen LogP contribution >= 0.6 is 23.8 Å². The van der Waals surface area contributed by atoms with Gasteiger partial charge in [-0.1, -0.05) is 54.6 Å². The summed E-state index contributed by atoms with van der Waals surface area (Å²) < 4.78 is 13.2. The molecule has 0 aliphatic heterocycles. The molecule has 0 saturated heterocycles. The molecule has 0 amide bonds. The Bertz CT molecular complexity index is 1040. The average Bonchev–Trinajstić information content (AvgIpc) is 3.07. The second-order valence-corrected chi connectivity index (χ2v) is 6.43. The summed E-state index contributed by atoms with van der Waals surface area (Å²) in [5, 5.41) is 11.9. The van der Waals surface area contributed by atoms with E-state index < -0.39 is 0 Å². The van der Waals surface area contributed by atoms with Crippen molar-refractivity contribution in [1.82, 2.24) is 14.9 Å². The van der Waals surface area contributed by atoms with Gasteiger partial charge in [0.25, 0.3) is 0 Å².